The summed E-state index contributed by atoms with van der Waals surface area (Å²) in [5.74, 6) is -1.28. The highest BCUT2D eigenvalue weighted by molar-refractivity contribution is 9.10. The molecule has 1 aromatic carbocycles. The van der Waals surface area contributed by atoms with E-state index in [1.807, 2.05) is 0 Å². The molecule has 10 nitrogen and oxygen atoms in total. The Morgan fingerprint density at radius 2 is 1.81 bits per heavy atom. The highest BCUT2D eigenvalue weighted by Crippen LogP contribution is 2.38. The number of rotatable bonds is 3. The Hall–Kier alpha value is -1.44. The van der Waals surface area contributed by atoms with Gasteiger partial charge in [-0.15, -0.1) is 0 Å². The zero-order chi connectivity index (χ0) is 22.7. The van der Waals surface area contributed by atoms with Gasteiger partial charge in [-0.3, -0.25) is 0 Å². The third kappa shape index (κ3) is 5.91. The average molecular weight is 540 g/mol. The van der Waals surface area contributed by atoms with E-state index < -0.39 is 36.7 Å². The molecule has 2 fully saturated rings. The van der Waals surface area contributed by atoms with Crippen LogP contribution in [-0.4, -0.2) is 73.6 Å². The summed E-state index contributed by atoms with van der Waals surface area (Å²) in [6, 6.07) is 4.01. The maximum absolute atomic E-state index is 11.1. The average Bonchev–Trinajstić information content (AvgIpc) is 3.15. The number of hydrogen-bond acceptors (Lipinski definition) is 7. The Labute approximate surface area is 197 Å². The van der Waals surface area contributed by atoms with Crippen molar-refractivity contribution in [3.63, 3.8) is 0 Å². The van der Waals surface area contributed by atoms with Crippen LogP contribution < -0.4 is 10.5 Å². The molecule has 1 aromatic heterocycles. The number of aromatic nitrogens is 1. The molecular weight excluding hydrogens is 512 g/mol. The lowest BCUT2D eigenvalue weighted by Gasteiger charge is -2.38. The topological polar surface area (TPSA) is 190 Å². The molecule has 4 rings (SSSR count). The first-order valence-corrected chi connectivity index (χ1v) is 11.2. The van der Waals surface area contributed by atoms with Gasteiger partial charge in [-0.25, -0.2) is 4.79 Å². The number of fused-ring (bicyclic) bond motifs is 1. The first kappa shape index (κ1) is 26.8. The van der Waals surface area contributed by atoms with Crippen molar-refractivity contribution in [1.29, 1.82) is 0 Å². The van der Waals surface area contributed by atoms with E-state index in [1.54, 1.807) is 12.1 Å². The minimum absolute atomic E-state index is 0. The Bertz CT molecular complexity index is 907. The van der Waals surface area contributed by atoms with Gasteiger partial charge in [0, 0.05) is 16.7 Å². The summed E-state index contributed by atoms with van der Waals surface area (Å²) < 4.78 is 11.2. The van der Waals surface area contributed by atoms with Crippen molar-refractivity contribution in [2.75, 3.05) is 0 Å². The molecule has 5 atom stereocenters. The van der Waals surface area contributed by atoms with Crippen LogP contribution in [0.5, 0.6) is 5.75 Å². The van der Waals surface area contributed by atoms with Gasteiger partial charge in [0.2, 0.25) is 6.29 Å². The Kier molecular flexibility index (Phi) is 9.73. The van der Waals surface area contributed by atoms with Crippen LogP contribution in [0.3, 0.4) is 0 Å². The Balaban J connectivity index is 0.000000388. The molecule has 0 amide bonds. The van der Waals surface area contributed by atoms with Gasteiger partial charge in [0.1, 0.15) is 24.1 Å². The van der Waals surface area contributed by atoms with Gasteiger partial charge in [0.25, 0.3) is 0 Å². The molecule has 0 bridgehead atoms. The molecule has 0 unspecified atom stereocenters. The van der Waals surface area contributed by atoms with E-state index in [2.05, 4.69) is 20.9 Å². The molecule has 12 heteroatoms. The largest absolute Gasteiger partial charge is 0.479 e. The van der Waals surface area contributed by atoms with E-state index in [0.29, 0.717) is 26.4 Å². The minimum Gasteiger partial charge on any atom is -0.479 e. The normalized spacial score (nSPS) is 28.4. The number of benzene rings is 1. The fourth-order valence-electron chi connectivity index (χ4n) is 3.63. The number of nitrogens with two attached hydrogens (primary N) is 1. The predicted molar refractivity (Wildman–Crippen MR) is 121 cm³/mol. The van der Waals surface area contributed by atoms with Crippen LogP contribution in [0.1, 0.15) is 32.1 Å². The molecule has 0 radical (unpaired) electrons. The highest BCUT2D eigenvalue weighted by Gasteiger charge is 2.48. The van der Waals surface area contributed by atoms with E-state index in [4.69, 9.17) is 31.9 Å². The van der Waals surface area contributed by atoms with Crippen molar-refractivity contribution in [2.45, 2.75) is 68.9 Å². The third-order valence-corrected chi connectivity index (χ3v) is 6.69. The van der Waals surface area contributed by atoms with Crippen LogP contribution in [0.4, 0.5) is 0 Å². The lowest BCUT2D eigenvalue weighted by Crippen LogP contribution is -2.61. The molecule has 0 spiro atoms. The zero-order valence-electron chi connectivity index (χ0n) is 17.1. The van der Waals surface area contributed by atoms with Crippen molar-refractivity contribution in [3.05, 3.63) is 27.8 Å². The number of carboxylic acids is 1. The van der Waals surface area contributed by atoms with Gasteiger partial charge in [0.05, 0.1) is 15.9 Å². The third-order valence-electron chi connectivity index (χ3n) is 5.41. The number of halogens is 2. The minimum atomic E-state index is -1.78. The van der Waals surface area contributed by atoms with E-state index in [9.17, 15) is 20.1 Å². The first-order chi connectivity index (χ1) is 14.7. The Morgan fingerprint density at radius 3 is 2.38 bits per heavy atom. The summed E-state index contributed by atoms with van der Waals surface area (Å²) in [7, 11) is 0. The summed E-state index contributed by atoms with van der Waals surface area (Å²) in [5, 5.41) is 39.4. The summed E-state index contributed by atoms with van der Waals surface area (Å²) in [6.07, 6.45) is -0.274. The summed E-state index contributed by atoms with van der Waals surface area (Å²) >= 11 is 9.51. The van der Waals surface area contributed by atoms with Crippen LogP contribution in [0.2, 0.25) is 5.02 Å². The van der Waals surface area contributed by atoms with Gasteiger partial charge < -0.3 is 46.1 Å². The molecule has 1 saturated heterocycles. The van der Waals surface area contributed by atoms with Crippen LogP contribution in [0.15, 0.2) is 22.8 Å². The molecular formula is C20H28BrClN2O8. The molecule has 180 valence electrons. The van der Waals surface area contributed by atoms with Crippen LogP contribution >= 0.6 is 27.5 Å². The lowest BCUT2D eigenvalue weighted by molar-refractivity contribution is -0.270. The molecule has 1 aliphatic heterocycles. The number of ether oxygens (including phenoxy) is 2. The molecule has 32 heavy (non-hydrogen) atoms. The molecule has 1 saturated carbocycles. The Morgan fingerprint density at radius 1 is 1.16 bits per heavy atom. The molecule has 2 aromatic rings. The van der Waals surface area contributed by atoms with E-state index in [1.165, 1.54) is 38.3 Å². The number of aromatic amines is 1. The van der Waals surface area contributed by atoms with Gasteiger partial charge in [-0.2, -0.15) is 0 Å². The first-order valence-electron chi connectivity index (χ1n) is 10.0. The van der Waals surface area contributed by atoms with Crippen LogP contribution in [0, 0.1) is 0 Å². The van der Waals surface area contributed by atoms with Gasteiger partial charge in [0.15, 0.2) is 6.10 Å². The zero-order valence-corrected chi connectivity index (χ0v) is 19.4. The molecule has 2 aliphatic rings. The maximum Gasteiger partial charge on any atom is 0.335 e. The van der Waals surface area contributed by atoms with E-state index in [-0.39, 0.29) is 11.2 Å². The molecule has 9 N–H and O–H groups in total. The van der Waals surface area contributed by atoms with Crippen molar-refractivity contribution in [1.82, 2.24) is 4.98 Å². The number of hydrogen-bond donors (Lipinski definition) is 6. The van der Waals surface area contributed by atoms with Crippen molar-refractivity contribution < 1.29 is 40.2 Å². The smallest absolute Gasteiger partial charge is 0.335 e. The molecule has 2 heterocycles. The highest BCUT2D eigenvalue weighted by atomic mass is 79.9. The van der Waals surface area contributed by atoms with E-state index in [0.717, 1.165) is 0 Å². The van der Waals surface area contributed by atoms with Gasteiger partial charge in [-0.1, -0.05) is 30.9 Å². The monoisotopic (exact) mass is 538 g/mol. The SMILES string of the molecule is NC1CCCCC1.O.O=C(O)[C@H]1O[C@@H](Oc2c[nH]c3ccc(Br)c(Cl)c23)[C@H](O)[C@@H](O)[C@@H]1O. The second-order valence-corrected chi connectivity index (χ2v) is 8.92. The van der Waals surface area contributed by atoms with Crippen molar-refractivity contribution >= 4 is 44.4 Å². The van der Waals surface area contributed by atoms with E-state index >= 15 is 0 Å². The number of aliphatic hydroxyl groups excluding tert-OH is 3. The quantitative estimate of drug-likeness (QED) is 0.336. The second-order valence-electron chi connectivity index (χ2n) is 7.69. The second kappa shape index (κ2) is 11.6. The van der Waals surface area contributed by atoms with Gasteiger partial charge in [-0.05, 0) is 40.9 Å². The number of aliphatic hydroxyl groups is 3. The van der Waals surface area contributed by atoms with Crippen molar-refractivity contribution in [3.8, 4) is 5.75 Å². The number of H-pyrrole nitrogens is 1. The number of nitrogens with one attached hydrogen (secondary N) is 1. The predicted octanol–water partition coefficient (Wildman–Crippen LogP) is 1.31. The van der Waals surface area contributed by atoms with Crippen LogP contribution in [0.25, 0.3) is 10.9 Å². The number of carboxylic acid groups (broad SMARTS) is 1. The lowest BCUT2D eigenvalue weighted by atomic mass is 9.97. The maximum atomic E-state index is 11.1. The number of aliphatic carboxylic acids is 1. The van der Waals surface area contributed by atoms with Crippen molar-refractivity contribution in [2.24, 2.45) is 5.73 Å². The number of carbonyl (C=O) groups is 1. The standard InChI is InChI=1S/C14H13BrClNO7.C6H13N.H2O/c15-4-1-2-5-7(8(4)16)6(3-17-5)23-14-11(20)9(18)10(19)12(24-14)13(21)22;7-6-4-2-1-3-5-6;/h1-3,9-12,14,17-20H,(H,21,22);6H,1-5,7H2;1H2/t9-,10-,11+,12-,14+;;/m0../s1. The fourth-order valence-corrected chi connectivity index (χ4v) is 4.22. The fraction of sp³-hybridized carbons (Fsp3) is 0.550. The van der Waals surface area contributed by atoms with Gasteiger partial charge >= 0.3 is 5.97 Å². The van der Waals surface area contributed by atoms with Crippen LogP contribution in [-0.2, 0) is 9.53 Å². The summed E-state index contributed by atoms with van der Waals surface area (Å²) in [4.78, 5) is 14.0. The summed E-state index contributed by atoms with van der Waals surface area (Å²) in [5.41, 5.74) is 6.29. The summed E-state index contributed by atoms with van der Waals surface area (Å²) in [6.45, 7) is 0. The molecule has 1 aliphatic carbocycles.